The maximum atomic E-state index is 13.0. The van der Waals surface area contributed by atoms with E-state index in [9.17, 15) is 9.59 Å². The highest BCUT2D eigenvalue weighted by atomic mass is 16.5. The van der Waals surface area contributed by atoms with Crippen LogP contribution in [-0.2, 0) is 17.8 Å². The molecule has 0 radical (unpaired) electrons. The minimum absolute atomic E-state index is 0.0306. The zero-order chi connectivity index (χ0) is 25.0. The quantitative estimate of drug-likeness (QED) is 0.453. The summed E-state index contributed by atoms with van der Waals surface area (Å²) in [6, 6.07) is 19.0. The van der Waals surface area contributed by atoms with Gasteiger partial charge in [-0.25, -0.2) is 4.98 Å². The molecule has 4 aromatic rings. The summed E-state index contributed by atoms with van der Waals surface area (Å²) in [4.78, 5) is 29.5. The third kappa shape index (κ3) is 3.69. The van der Waals surface area contributed by atoms with Crippen molar-refractivity contribution in [2.75, 3.05) is 5.73 Å². The molecule has 0 spiro atoms. The van der Waals surface area contributed by atoms with E-state index in [1.807, 2.05) is 44.2 Å². The number of aromatic nitrogens is 2. The number of fused-ring (bicyclic) bond motifs is 8. The monoisotopic (exact) mass is 478 g/mol. The first-order valence-electron chi connectivity index (χ1n) is 12.0. The summed E-state index contributed by atoms with van der Waals surface area (Å²) < 4.78 is 8.02. The van der Waals surface area contributed by atoms with E-state index in [1.165, 1.54) is 0 Å². The van der Waals surface area contributed by atoms with Crippen molar-refractivity contribution in [3.8, 4) is 0 Å². The van der Waals surface area contributed by atoms with Crippen molar-refractivity contribution in [2.45, 2.75) is 39.1 Å². The number of rotatable bonds is 5. The van der Waals surface area contributed by atoms with E-state index in [-0.39, 0.29) is 23.7 Å². The lowest BCUT2D eigenvalue weighted by atomic mass is 9.84. The van der Waals surface area contributed by atoms with Crippen molar-refractivity contribution < 1.29 is 9.53 Å². The topological polar surface area (TPSA) is 99.2 Å². The second-order valence-electron chi connectivity index (χ2n) is 9.48. The first kappa shape index (κ1) is 22.2. The van der Waals surface area contributed by atoms with E-state index in [0.717, 1.165) is 44.6 Å². The molecule has 7 heteroatoms. The van der Waals surface area contributed by atoms with Crippen molar-refractivity contribution in [1.82, 2.24) is 14.9 Å². The average molecular weight is 479 g/mol. The van der Waals surface area contributed by atoms with Crippen LogP contribution < -0.4 is 16.6 Å². The van der Waals surface area contributed by atoms with Gasteiger partial charge in [0.1, 0.15) is 18.0 Å². The number of nitrogens with one attached hydrogen (secondary N) is 1. The SMILES string of the molecule is Cc1cc(N)nc(C)c1CNC(=O)c1ccc2c(c1)[C@@H]1O[C@H]2c2ccc(Cn3ccccc3=O)cc21. The number of carbonyl (C=O) groups is 1. The number of benzene rings is 2. The Morgan fingerprint density at radius 1 is 1.00 bits per heavy atom. The summed E-state index contributed by atoms with van der Waals surface area (Å²) in [6.07, 6.45) is 1.45. The van der Waals surface area contributed by atoms with Crippen LogP contribution in [0, 0.1) is 13.8 Å². The summed E-state index contributed by atoms with van der Waals surface area (Å²) in [5.41, 5.74) is 14.6. The van der Waals surface area contributed by atoms with Crippen molar-refractivity contribution in [3.63, 3.8) is 0 Å². The second kappa shape index (κ2) is 8.46. The van der Waals surface area contributed by atoms with E-state index in [2.05, 4.69) is 28.5 Å². The van der Waals surface area contributed by atoms with Gasteiger partial charge >= 0.3 is 0 Å². The fraction of sp³-hybridized carbons (Fsp3) is 0.207. The van der Waals surface area contributed by atoms with Gasteiger partial charge in [0, 0.05) is 30.1 Å². The molecule has 2 aliphatic rings. The zero-order valence-electron chi connectivity index (χ0n) is 20.1. The lowest BCUT2D eigenvalue weighted by molar-refractivity contribution is 0.0857. The molecule has 7 nitrogen and oxygen atoms in total. The molecule has 36 heavy (non-hydrogen) atoms. The predicted octanol–water partition coefficient (Wildman–Crippen LogP) is 3.94. The second-order valence-corrected chi connectivity index (χ2v) is 9.48. The molecule has 2 atom stereocenters. The third-order valence-corrected chi connectivity index (χ3v) is 7.15. The number of nitrogens with two attached hydrogens (primary N) is 1. The number of nitrogen functional groups attached to an aromatic ring is 1. The van der Waals surface area contributed by atoms with Gasteiger partial charge in [0.15, 0.2) is 0 Å². The number of ether oxygens (including phenoxy) is 1. The molecule has 4 heterocycles. The van der Waals surface area contributed by atoms with Gasteiger partial charge in [-0.2, -0.15) is 0 Å². The number of pyridine rings is 2. The number of aryl methyl sites for hydroxylation is 2. The normalized spacial score (nSPS) is 17.1. The molecule has 0 unspecified atom stereocenters. The van der Waals surface area contributed by atoms with Crippen LogP contribution in [0.2, 0.25) is 0 Å². The molecule has 0 fully saturated rings. The number of hydrogen-bond donors (Lipinski definition) is 2. The highest BCUT2D eigenvalue weighted by Crippen LogP contribution is 2.54. The van der Waals surface area contributed by atoms with E-state index in [1.54, 1.807) is 22.9 Å². The fourth-order valence-electron chi connectivity index (χ4n) is 5.35. The van der Waals surface area contributed by atoms with Crippen LogP contribution in [0.1, 0.15) is 67.2 Å². The molecule has 2 aromatic carbocycles. The highest BCUT2D eigenvalue weighted by molar-refractivity contribution is 5.94. The minimum atomic E-state index is -0.217. The number of carbonyl (C=O) groups excluding carboxylic acids is 1. The highest BCUT2D eigenvalue weighted by Gasteiger charge is 2.43. The van der Waals surface area contributed by atoms with Crippen LogP contribution in [0.25, 0.3) is 0 Å². The lowest BCUT2D eigenvalue weighted by Gasteiger charge is -2.18. The van der Waals surface area contributed by atoms with Crippen LogP contribution in [0.5, 0.6) is 0 Å². The van der Waals surface area contributed by atoms with E-state index >= 15 is 0 Å². The first-order chi connectivity index (χ1) is 17.4. The fourth-order valence-corrected chi connectivity index (χ4v) is 5.35. The zero-order valence-corrected chi connectivity index (χ0v) is 20.1. The van der Waals surface area contributed by atoms with Crippen LogP contribution >= 0.6 is 0 Å². The van der Waals surface area contributed by atoms with Gasteiger partial charge in [0.05, 0.1) is 6.54 Å². The molecule has 1 amide bonds. The summed E-state index contributed by atoms with van der Waals surface area (Å²) in [5.74, 6) is 0.335. The standard InChI is InChI=1S/C29H26N4O3/c1-16-11-25(30)32-17(2)24(16)14-31-29(35)19-7-9-21-23(13-19)28-22-12-18(6-8-20(22)27(21)36-28)15-33-10-4-3-5-26(33)34/h3-13,27-28H,14-15H2,1-2H3,(H2,30,32)(H,31,35)/t27-,28+/m0/s1. The molecule has 3 N–H and O–H groups in total. The molecule has 180 valence electrons. The van der Waals surface area contributed by atoms with E-state index in [0.29, 0.717) is 24.5 Å². The Labute approximate surface area is 208 Å². The number of hydrogen-bond acceptors (Lipinski definition) is 5. The molecule has 2 aliphatic heterocycles. The molecule has 0 saturated heterocycles. The average Bonchev–Trinajstić information content (AvgIpc) is 3.41. The van der Waals surface area contributed by atoms with Crippen LogP contribution in [0.15, 0.2) is 71.7 Å². The number of amides is 1. The van der Waals surface area contributed by atoms with E-state index in [4.69, 9.17) is 10.5 Å². The van der Waals surface area contributed by atoms with Gasteiger partial charge < -0.3 is 20.4 Å². The summed E-state index contributed by atoms with van der Waals surface area (Å²) in [7, 11) is 0. The van der Waals surface area contributed by atoms with Gasteiger partial charge in [-0.05, 0) is 77.1 Å². The Hall–Kier alpha value is -4.23. The summed E-state index contributed by atoms with van der Waals surface area (Å²) in [6.45, 7) is 4.75. The van der Waals surface area contributed by atoms with Gasteiger partial charge in [-0.15, -0.1) is 0 Å². The van der Waals surface area contributed by atoms with Gasteiger partial charge in [-0.1, -0.05) is 30.3 Å². The molecule has 0 saturated carbocycles. The molecular formula is C29H26N4O3. The molecule has 0 aliphatic carbocycles. The Morgan fingerprint density at radius 2 is 1.75 bits per heavy atom. The van der Waals surface area contributed by atoms with Crippen LogP contribution in [-0.4, -0.2) is 15.5 Å². The van der Waals surface area contributed by atoms with Crippen molar-refractivity contribution >= 4 is 11.7 Å². The lowest BCUT2D eigenvalue weighted by Crippen LogP contribution is -2.24. The Bertz CT molecular complexity index is 1570. The Balaban J connectivity index is 1.23. The van der Waals surface area contributed by atoms with Gasteiger partial charge in [0.2, 0.25) is 0 Å². The van der Waals surface area contributed by atoms with E-state index < -0.39 is 0 Å². The van der Waals surface area contributed by atoms with Crippen molar-refractivity contribution in [3.05, 3.63) is 127 Å². The predicted molar refractivity (Wildman–Crippen MR) is 137 cm³/mol. The summed E-state index contributed by atoms with van der Waals surface area (Å²) in [5, 5.41) is 3.02. The molecule has 2 bridgehead atoms. The molecule has 6 rings (SSSR count). The minimum Gasteiger partial charge on any atom is -0.384 e. The van der Waals surface area contributed by atoms with Crippen molar-refractivity contribution in [1.29, 1.82) is 0 Å². The van der Waals surface area contributed by atoms with Crippen molar-refractivity contribution in [2.24, 2.45) is 0 Å². The third-order valence-electron chi connectivity index (χ3n) is 7.15. The van der Waals surface area contributed by atoms with Crippen LogP contribution in [0.3, 0.4) is 0 Å². The van der Waals surface area contributed by atoms with Gasteiger partial charge in [0.25, 0.3) is 11.5 Å². The molecular weight excluding hydrogens is 452 g/mol. The number of anilines is 1. The first-order valence-corrected chi connectivity index (χ1v) is 12.0. The Kier molecular flexibility index (Phi) is 5.23. The maximum Gasteiger partial charge on any atom is 0.251 e. The maximum absolute atomic E-state index is 13.0. The number of nitrogens with zero attached hydrogens (tertiary/aromatic N) is 2. The Morgan fingerprint density at radius 3 is 2.53 bits per heavy atom. The molecule has 2 aromatic heterocycles. The smallest absolute Gasteiger partial charge is 0.251 e. The largest absolute Gasteiger partial charge is 0.384 e. The van der Waals surface area contributed by atoms with Crippen LogP contribution in [0.4, 0.5) is 5.82 Å². The van der Waals surface area contributed by atoms with Gasteiger partial charge in [-0.3, -0.25) is 9.59 Å². The summed E-state index contributed by atoms with van der Waals surface area (Å²) >= 11 is 0.